The van der Waals surface area contributed by atoms with Gasteiger partial charge in [-0.05, 0) is 45.4 Å². The zero-order valence-electron chi connectivity index (χ0n) is 14.2. The van der Waals surface area contributed by atoms with Gasteiger partial charge in [0.15, 0.2) is 0 Å². The van der Waals surface area contributed by atoms with Crippen molar-refractivity contribution in [2.24, 2.45) is 0 Å². The van der Waals surface area contributed by atoms with Crippen molar-refractivity contribution in [3.05, 3.63) is 24.4 Å². The van der Waals surface area contributed by atoms with Crippen LogP contribution in [0.3, 0.4) is 0 Å². The second-order valence-electron chi connectivity index (χ2n) is 7.06. The van der Waals surface area contributed by atoms with Crippen molar-refractivity contribution in [2.45, 2.75) is 38.8 Å². The van der Waals surface area contributed by atoms with Gasteiger partial charge in [0.25, 0.3) is 0 Å². The molecule has 3 N–H and O–H groups in total. The third-order valence-corrected chi connectivity index (χ3v) is 3.76. The van der Waals surface area contributed by atoms with E-state index in [4.69, 9.17) is 10.5 Å². The predicted molar refractivity (Wildman–Crippen MR) is 93.8 cm³/mol. The summed E-state index contributed by atoms with van der Waals surface area (Å²) in [5.41, 5.74) is 7.49. The molecule has 0 spiro atoms. The second-order valence-corrected chi connectivity index (χ2v) is 7.06. The molecule has 1 atom stereocenters. The molecule has 7 heteroatoms. The van der Waals surface area contributed by atoms with Gasteiger partial charge in [-0.15, -0.1) is 0 Å². The molecule has 0 bridgehead atoms. The van der Waals surface area contributed by atoms with E-state index in [9.17, 15) is 4.79 Å². The van der Waals surface area contributed by atoms with Crippen LogP contribution in [-0.4, -0.2) is 45.7 Å². The van der Waals surface area contributed by atoms with Crippen molar-refractivity contribution >= 4 is 28.6 Å². The molecule has 0 saturated carbocycles. The van der Waals surface area contributed by atoms with Crippen molar-refractivity contribution in [3.8, 4) is 0 Å². The minimum absolute atomic E-state index is 0.137. The van der Waals surface area contributed by atoms with E-state index in [1.54, 1.807) is 23.2 Å². The number of nitrogens with two attached hydrogens (primary N) is 1. The molecule has 2 heterocycles. The summed E-state index contributed by atoms with van der Waals surface area (Å²) in [7, 11) is 0. The fraction of sp³-hybridized carbons (Fsp3) is 0.471. The number of ether oxygens (including phenoxy) is 1. The lowest BCUT2D eigenvalue weighted by molar-refractivity contribution is 0.0293. The zero-order valence-corrected chi connectivity index (χ0v) is 14.2. The molecule has 1 aliphatic rings. The number of aromatic nitrogens is 2. The number of carbonyl (C=O) groups excluding carboxylic acids is 1. The van der Waals surface area contributed by atoms with Crippen LogP contribution in [0.4, 0.5) is 16.3 Å². The number of fused-ring (bicyclic) bond motifs is 1. The number of likely N-dealkylation sites (tertiary alicyclic amines) is 1. The van der Waals surface area contributed by atoms with Crippen molar-refractivity contribution in [3.63, 3.8) is 0 Å². The Balaban J connectivity index is 1.63. The Morgan fingerprint density at radius 1 is 1.38 bits per heavy atom. The molecule has 1 fully saturated rings. The van der Waals surface area contributed by atoms with E-state index in [-0.39, 0.29) is 12.1 Å². The number of benzene rings is 1. The molecular formula is C17H23N5O2. The maximum absolute atomic E-state index is 12.1. The molecule has 1 amide bonds. The van der Waals surface area contributed by atoms with Crippen LogP contribution in [0.2, 0.25) is 0 Å². The van der Waals surface area contributed by atoms with Crippen molar-refractivity contribution in [1.82, 2.24) is 14.9 Å². The van der Waals surface area contributed by atoms with Gasteiger partial charge in [-0.2, -0.15) is 0 Å². The first-order valence-corrected chi connectivity index (χ1v) is 8.07. The highest BCUT2D eigenvalue weighted by Gasteiger charge is 2.29. The summed E-state index contributed by atoms with van der Waals surface area (Å²) < 4.78 is 5.41. The third kappa shape index (κ3) is 3.84. The summed E-state index contributed by atoms with van der Waals surface area (Å²) in [6, 6.07) is 5.59. The molecule has 24 heavy (non-hydrogen) atoms. The number of hydrogen-bond acceptors (Lipinski definition) is 6. The van der Waals surface area contributed by atoms with Crippen LogP contribution >= 0.6 is 0 Å². The average Bonchev–Trinajstić information content (AvgIpc) is 2.94. The van der Waals surface area contributed by atoms with E-state index in [1.165, 1.54) is 0 Å². The van der Waals surface area contributed by atoms with E-state index in [0.717, 1.165) is 17.5 Å². The van der Waals surface area contributed by atoms with Crippen LogP contribution in [0.15, 0.2) is 24.4 Å². The number of nitrogens with one attached hydrogen (secondary N) is 1. The maximum atomic E-state index is 12.1. The normalized spacial score (nSPS) is 18.0. The minimum atomic E-state index is -0.478. The molecule has 0 aliphatic carbocycles. The smallest absolute Gasteiger partial charge is 0.410 e. The zero-order chi connectivity index (χ0) is 17.3. The average molecular weight is 329 g/mol. The molecule has 1 aliphatic heterocycles. The first-order chi connectivity index (χ1) is 11.3. The number of nitrogen functional groups attached to an aromatic ring is 1. The molecule has 1 aromatic carbocycles. The van der Waals surface area contributed by atoms with Gasteiger partial charge in [-0.1, -0.05) is 0 Å². The highest BCUT2D eigenvalue weighted by Crippen LogP contribution is 2.19. The molecule has 128 valence electrons. The van der Waals surface area contributed by atoms with E-state index in [1.807, 2.05) is 26.8 Å². The summed E-state index contributed by atoms with van der Waals surface area (Å²) in [6.45, 7) is 6.87. The van der Waals surface area contributed by atoms with Gasteiger partial charge in [0.05, 0.1) is 17.2 Å². The van der Waals surface area contributed by atoms with E-state index < -0.39 is 5.60 Å². The molecule has 0 radical (unpaired) electrons. The van der Waals surface area contributed by atoms with Gasteiger partial charge >= 0.3 is 6.09 Å². The van der Waals surface area contributed by atoms with Crippen LogP contribution in [0.1, 0.15) is 27.2 Å². The van der Waals surface area contributed by atoms with Crippen LogP contribution in [0, 0.1) is 0 Å². The summed E-state index contributed by atoms with van der Waals surface area (Å²) in [6.07, 6.45) is 2.27. The monoisotopic (exact) mass is 329 g/mol. The quantitative estimate of drug-likeness (QED) is 0.823. The van der Waals surface area contributed by atoms with Crippen LogP contribution in [-0.2, 0) is 4.74 Å². The molecule has 3 rings (SSSR count). The summed E-state index contributed by atoms with van der Waals surface area (Å²) in [4.78, 5) is 22.7. The lowest BCUT2D eigenvalue weighted by Gasteiger charge is -2.24. The number of nitrogens with zero attached hydrogens (tertiary/aromatic N) is 3. The van der Waals surface area contributed by atoms with Gasteiger partial charge < -0.3 is 20.7 Å². The molecule has 1 saturated heterocycles. The van der Waals surface area contributed by atoms with Crippen LogP contribution < -0.4 is 11.1 Å². The van der Waals surface area contributed by atoms with Crippen molar-refractivity contribution in [1.29, 1.82) is 0 Å². The van der Waals surface area contributed by atoms with Crippen molar-refractivity contribution in [2.75, 3.05) is 24.1 Å². The summed E-state index contributed by atoms with van der Waals surface area (Å²) >= 11 is 0. The minimum Gasteiger partial charge on any atom is -0.444 e. The molecule has 2 aromatic rings. The highest BCUT2D eigenvalue weighted by atomic mass is 16.6. The fourth-order valence-electron chi connectivity index (χ4n) is 2.68. The Morgan fingerprint density at radius 2 is 2.17 bits per heavy atom. The second kappa shape index (κ2) is 6.14. The van der Waals surface area contributed by atoms with Crippen LogP contribution in [0.25, 0.3) is 11.0 Å². The number of rotatable bonds is 2. The summed E-state index contributed by atoms with van der Waals surface area (Å²) in [5, 5.41) is 3.34. The molecule has 0 unspecified atom stereocenters. The first kappa shape index (κ1) is 16.3. The Bertz CT molecular complexity index is 756. The Morgan fingerprint density at radius 3 is 2.92 bits per heavy atom. The van der Waals surface area contributed by atoms with E-state index >= 15 is 0 Å². The third-order valence-electron chi connectivity index (χ3n) is 3.76. The molecular weight excluding hydrogens is 306 g/mol. The lowest BCUT2D eigenvalue weighted by atomic mass is 10.2. The Labute approximate surface area is 141 Å². The summed E-state index contributed by atoms with van der Waals surface area (Å²) in [5.74, 6) is 0.698. The largest absolute Gasteiger partial charge is 0.444 e. The fourth-order valence-corrected chi connectivity index (χ4v) is 2.68. The predicted octanol–water partition coefficient (Wildman–Crippen LogP) is 2.63. The number of hydrogen-bond donors (Lipinski definition) is 2. The number of anilines is 2. The SMILES string of the molecule is CC(C)(C)OC(=O)N1CC[C@@H](Nc2cnc3cc(N)ccc3n2)C1. The van der Waals surface area contributed by atoms with E-state index in [0.29, 0.717) is 24.6 Å². The van der Waals surface area contributed by atoms with E-state index in [2.05, 4.69) is 15.3 Å². The topological polar surface area (TPSA) is 93.4 Å². The van der Waals surface area contributed by atoms with Crippen LogP contribution in [0.5, 0.6) is 0 Å². The standard InChI is InChI=1S/C17H23N5O2/c1-17(2,3)24-16(23)22-7-6-12(10-22)20-15-9-19-14-8-11(18)4-5-13(14)21-15/h4-5,8-9,12H,6-7,10,18H2,1-3H3,(H,20,21)/t12-/m1/s1. The van der Waals surface area contributed by atoms with Gasteiger partial charge in [-0.25, -0.2) is 9.78 Å². The number of carbonyl (C=O) groups is 1. The number of amides is 1. The first-order valence-electron chi connectivity index (χ1n) is 8.07. The van der Waals surface area contributed by atoms with Gasteiger partial charge in [0.2, 0.25) is 0 Å². The Kier molecular flexibility index (Phi) is 4.17. The lowest BCUT2D eigenvalue weighted by Crippen LogP contribution is -2.36. The highest BCUT2D eigenvalue weighted by molar-refractivity contribution is 5.79. The Hall–Kier alpha value is -2.57. The van der Waals surface area contributed by atoms with Crippen molar-refractivity contribution < 1.29 is 9.53 Å². The van der Waals surface area contributed by atoms with Gasteiger partial charge in [0.1, 0.15) is 11.4 Å². The van der Waals surface area contributed by atoms with Gasteiger partial charge in [-0.3, -0.25) is 4.98 Å². The maximum Gasteiger partial charge on any atom is 0.410 e. The van der Waals surface area contributed by atoms with Gasteiger partial charge in [0, 0.05) is 24.8 Å². The molecule has 7 nitrogen and oxygen atoms in total. The molecule has 1 aromatic heterocycles.